The van der Waals surface area contributed by atoms with Gasteiger partial charge in [0, 0.05) is 0 Å². The molecule has 0 aromatic carbocycles. The maximum absolute atomic E-state index is 10.4. The molecule has 29 heavy (non-hydrogen) atoms. The highest BCUT2D eigenvalue weighted by Crippen LogP contribution is 2.66. The fourth-order valence-electron chi connectivity index (χ4n) is 8.90. The molecule has 4 aliphatic carbocycles. The van der Waals surface area contributed by atoms with Crippen molar-refractivity contribution in [3.8, 4) is 0 Å². The molecule has 0 aromatic rings. The predicted molar refractivity (Wildman–Crippen MR) is 124 cm³/mol. The fraction of sp³-hybridized carbons (Fsp3) is 0.929. The second-order valence-electron chi connectivity index (χ2n) is 12.6. The summed E-state index contributed by atoms with van der Waals surface area (Å²) in [5.41, 5.74) is 4.72. The van der Waals surface area contributed by atoms with Crippen molar-refractivity contribution in [1.29, 1.82) is 0 Å². The summed E-state index contributed by atoms with van der Waals surface area (Å²) in [6, 6.07) is 0. The van der Waals surface area contributed by atoms with E-state index in [1.54, 1.807) is 0 Å². The summed E-state index contributed by atoms with van der Waals surface area (Å²) in [7, 11) is 0. The van der Waals surface area contributed by atoms with Gasteiger partial charge in [-0.15, -0.1) is 0 Å². The third-order valence-corrected chi connectivity index (χ3v) is 10.7. The monoisotopic (exact) mass is 400 g/mol. The highest BCUT2D eigenvalue weighted by atomic mass is 16.3. The van der Waals surface area contributed by atoms with Gasteiger partial charge in [-0.2, -0.15) is 0 Å². The van der Waals surface area contributed by atoms with Crippen LogP contribution in [-0.2, 0) is 0 Å². The van der Waals surface area contributed by atoms with Crippen molar-refractivity contribution in [3.05, 3.63) is 11.1 Å². The molecule has 4 aliphatic rings. The highest BCUT2D eigenvalue weighted by Gasteiger charge is 2.57. The van der Waals surface area contributed by atoms with E-state index in [0.717, 1.165) is 42.4 Å². The molecule has 1 heteroatoms. The van der Waals surface area contributed by atoms with Crippen molar-refractivity contribution in [3.63, 3.8) is 0 Å². The molecule has 1 nitrogen and oxygen atoms in total. The Labute approximate surface area is 181 Å². The molecule has 1 unspecified atom stereocenters. The molecule has 0 aromatic heterocycles. The Kier molecular flexibility index (Phi) is 6.04. The van der Waals surface area contributed by atoms with E-state index in [1.165, 1.54) is 57.8 Å². The first-order valence-corrected chi connectivity index (χ1v) is 13.1. The first kappa shape index (κ1) is 21.9. The normalized spacial score (nSPS) is 45.7. The summed E-state index contributed by atoms with van der Waals surface area (Å²) in [6.07, 6.45) is 14.6. The smallest absolute Gasteiger partial charge is 0.0546 e. The lowest BCUT2D eigenvalue weighted by molar-refractivity contribution is -0.0240. The summed E-state index contributed by atoms with van der Waals surface area (Å²) in [6.45, 7) is 15.0. The van der Waals surface area contributed by atoms with Crippen LogP contribution in [0, 0.1) is 46.3 Å². The molecular weight excluding hydrogens is 352 g/mol. The molecule has 2 saturated carbocycles. The van der Waals surface area contributed by atoms with Crippen molar-refractivity contribution >= 4 is 0 Å². The SMILES string of the molecule is CC(C)CCC[C@@H](C)[C@H]1CC[C@H]2C3=C(CC[C@]12C)[C@@]1(C)C(C)C[C@H](O)C[C@@H]1CC3. The molecule has 0 spiro atoms. The van der Waals surface area contributed by atoms with Crippen LogP contribution in [-0.4, -0.2) is 11.2 Å². The summed E-state index contributed by atoms with van der Waals surface area (Å²) >= 11 is 0. The maximum Gasteiger partial charge on any atom is 0.0546 e. The van der Waals surface area contributed by atoms with Gasteiger partial charge in [0.05, 0.1) is 6.10 Å². The lowest BCUT2D eigenvalue weighted by Gasteiger charge is -2.57. The molecule has 166 valence electrons. The molecule has 1 N–H and O–H groups in total. The van der Waals surface area contributed by atoms with Gasteiger partial charge in [0.2, 0.25) is 0 Å². The van der Waals surface area contributed by atoms with Crippen LogP contribution in [0.1, 0.15) is 112 Å². The molecule has 2 fully saturated rings. The Morgan fingerprint density at radius 2 is 1.76 bits per heavy atom. The van der Waals surface area contributed by atoms with Gasteiger partial charge in [-0.25, -0.2) is 0 Å². The Morgan fingerprint density at radius 1 is 1.00 bits per heavy atom. The van der Waals surface area contributed by atoms with Gasteiger partial charge in [0.25, 0.3) is 0 Å². The second kappa shape index (κ2) is 7.99. The average molecular weight is 401 g/mol. The van der Waals surface area contributed by atoms with Crippen LogP contribution in [0.15, 0.2) is 11.1 Å². The van der Waals surface area contributed by atoms with E-state index >= 15 is 0 Å². The molecule has 8 atom stereocenters. The minimum absolute atomic E-state index is 0.0540. The van der Waals surface area contributed by atoms with Crippen molar-refractivity contribution in [2.75, 3.05) is 0 Å². The van der Waals surface area contributed by atoms with Gasteiger partial charge >= 0.3 is 0 Å². The average Bonchev–Trinajstić information content (AvgIpc) is 3.00. The van der Waals surface area contributed by atoms with E-state index in [2.05, 4.69) is 41.5 Å². The maximum atomic E-state index is 10.4. The van der Waals surface area contributed by atoms with Crippen LogP contribution in [0.4, 0.5) is 0 Å². The molecule has 0 amide bonds. The summed E-state index contributed by atoms with van der Waals surface area (Å²) in [4.78, 5) is 0. The third-order valence-electron chi connectivity index (χ3n) is 10.7. The van der Waals surface area contributed by atoms with Crippen LogP contribution in [0.25, 0.3) is 0 Å². The summed E-state index contributed by atoms with van der Waals surface area (Å²) in [5.74, 6) is 4.89. The van der Waals surface area contributed by atoms with Crippen LogP contribution < -0.4 is 0 Å². The van der Waals surface area contributed by atoms with E-state index in [4.69, 9.17) is 0 Å². The lowest BCUT2D eigenvalue weighted by Crippen LogP contribution is -2.49. The molecule has 0 heterocycles. The standard InChI is InChI=1S/C28H48O/c1-18(2)8-7-9-19(3)24-12-13-25-23-11-10-21-17-22(29)16-20(4)28(21,6)26(23)14-15-27(24,25)5/h18-22,24-25,29H,7-17H2,1-6H3/t19-,20?,21+,22+,24-,25+,27-,28+/m1/s1. The molecule has 4 rings (SSSR count). The number of fused-ring (bicyclic) bond motifs is 4. The number of aliphatic hydroxyl groups is 1. The number of hydrogen-bond donors (Lipinski definition) is 1. The van der Waals surface area contributed by atoms with Crippen LogP contribution in [0.5, 0.6) is 0 Å². The van der Waals surface area contributed by atoms with Crippen molar-refractivity contribution in [2.24, 2.45) is 46.3 Å². The number of allylic oxidation sites excluding steroid dienone is 2. The largest absolute Gasteiger partial charge is 0.393 e. The minimum atomic E-state index is -0.0540. The zero-order valence-corrected chi connectivity index (χ0v) is 20.3. The van der Waals surface area contributed by atoms with E-state index in [-0.39, 0.29) is 6.10 Å². The van der Waals surface area contributed by atoms with Crippen LogP contribution in [0.2, 0.25) is 0 Å². The van der Waals surface area contributed by atoms with Crippen LogP contribution >= 0.6 is 0 Å². The molecule has 0 bridgehead atoms. The highest BCUT2D eigenvalue weighted by molar-refractivity contribution is 5.35. The predicted octanol–water partition coefficient (Wildman–Crippen LogP) is 7.78. The van der Waals surface area contributed by atoms with Crippen LogP contribution in [0.3, 0.4) is 0 Å². The van der Waals surface area contributed by atoms with Crippen molar-refractivity contribution < 1.29 is 5.11 Å². The topological polar surface area (TPSA) is 20.2 Å². The van der Waals surface area contributed by atoms with Gasteiger partial charge in [-0.3, -0.25) is 0 Å². The van der Waals surface area contributed by atoms with Crippen molar-refractivity contribution in [2.45, 2.75) is 118 Å². The van der Waals surface area contributed by atoms with Gasteiger partial charge < -0.3 is 5.11 Å². The molecule has 0 aliphatic heterocycles. The zero-order chi connectivity index (χ0) is 21.0. The summed E-state index contributed by atoms with van der Waals surface area (Å²) in [5, 5.41) is 10.4. The third kappa shape index (κ3) is 3.56. The minimum Gasteiger partial charge on any atom is -0.393 e. The molecular formula is C28H48O. The Bertz CT molecular complexity index is 632. The van der Waals surface area contributed by atoms with Gasteiger partial charge in [-0.05, 0) is 97.7 Å². The Hall–Kier alpha value is -0.300. The molecule has 0 saturated heterocycles. The van der Waals surface area contributed by atoms with Gasteiger partial charge in [-0.1, -0.05) is 72.0 Å². The number of rotatable bonds is 5. The molecule has 0 radical (unpaired) electrons. The zero-order valence-electron chi connectivity index (χ0n) is 20.3. The first-order chi connectivity index (χ1) is 13.7. The van der Waals surface area contributed by atoms with Gasteiger partial charge in [0.15, 0.2) is 0 Å². The number of aliphatic hydroxyl groups excluding tert-OH is 1. The second-order valence-corrected chi connectivity index (χ2v) is 12.6. The first-order valence-electron chi connectivity index (χ1n) is 13.1. The van der Waals surface area contributed by atoms with E-state index < -0.39 is 0 Å². The Balaban J connectivity index is 1.56. The quantitative estimate of drug-likeness (QED) is 0.467. The van der Waals surface area contributed by atoms with E-state index in [0.29, 0.717) is 16.7 Å². The van der Waals surface area contributed by atoms with E-state index in [9.17, 15) is 5.11 Å². The lowest BCUT2D eigenvalue weighted by atomic mass is 9.48. The summed E-state index contributed by atoms with van der Waals surface area (Å²) < 4.78 is 0. The fourth-order valence-corrected chi connectivity index (χ4v) is 8.90. The van der Waals surface area contributed by atoms with E-state index in [1.807, 2.05) is 11.1 Å². The Morgan fingerprint density at radius 3 is 2.48 bits per heavy atom. The van der Waals surface area contributed by atoms with Gasteiger partial charge in [0.1, 0.15) is 0 Å². The number of hydrogen-bond acceptors (Lipinski definition) is 1. The van der Waals surface area contributed by atoms with Crippen molar-refractivity contribution in [1.82, 2.24) is 0 Å².